The summed E-state index contributed by atoms with van der Waals surface area (Å²) in [6, 6.07) is 14.1. The number of halogens is 2. The molecule has 1 heterocycles. The van der Waals surface area contributed by atoms with Gasteiger partial charge >= 0.3 is 0 Å². The van der Waals surface area contributed by atoms with Crippen LogP contribution in [0.3, 0.4) is 0 Å². The molecule has 1 aromatic heterocycles. The molecule has 0 saturated heterocycles. The van der Waals surface area contributed by atoms with E-state index in [1.165, 1.54) is 15.6 Å². The third-order valence-electron chi connectivity index (χ3n) is 4.04. The van der Waals surface area contributed by atoms with Gasteiger partial charge in [0.2, 0.25) is 0 Å². The lowest BCUT2D eigenvalue weighted by atomic mass is 10.1. The van der Waals surface area contributed by atoms with Crippen molar-refractivity contribution in [2.75, 3.05) is 6.54 Å². The largest absolute Gasteiger partial charge is 0.387 e. The summed E-state index contributed by atoms with van der Waals surface area (Å²) in [5.74, 6) is 0. The number of benzene rings is 2. The van der Waals surface area contributed by atoms with E-state index in [9.17, 15) is 5.11 Å². The number of hydrogen-bond acceptors (Lipinski definition) is 3. The number of fused-ring (bicyclic) bond motifs is 1. The predicted octanol–water partition coefficient (Wildman–Crippen LogP) is 5.57. The monoisotopic (exact) mass is 423 g/mol. The van der Waals surface area contributed by atoms with Crippen LogP contribution in [0.5, 0.6) is 0 Å². The zero-order valence-corrected chi connectivity index (χ0v) is 16.5. The van der Waals surface area contributed by atoms with E-state index in [0.29, 0.717) is 11.6 Å². The van der Waals surface area contributed by atoms with Crippen molar-refractivity contribution in [3.63, 3.8) is 0 Å². The third-order valence-corrected chi connectivity index (χ3v) is 5.76. The Kier molecular flexibility index (Phi) is 5.95. The predicted molar refractivity (Wildman–Crippen MR) is 107 cm³/mol. The number of nitrogens with one attached hydrogen (secondary N) is 1. The van der Waals surface area contributed by atoms with Gasteiger partial charge in [-0.05, 0) is 59.5 Å². The Morgan fingerprint density at radius 2 is 2.08 bits per heavy atom. The van der Waals surface area contributed by atoms with Gasteiger partial charge in [-0.25, -0.2) is 0 Å². The Morgan fingerprint density at radius 1 is 1.25 bits per heavy atom. The van der Waals surface area contributed by atoms with Crippen LogP contribution in [0.15, 0.2) is 52.3 Å². The van der Waals surface area contributed by atoms with Crippen molar-refractivity contribution in [3.05, 3.63) is 68.5 Å². The molecule has 126 valence electrons. The first-order valence-corrected chi connectivity index (χ1v) is 9.90. The van der Waals surface area contributed by atoms with Crippen molar-refractivity contribution < 1.29 is 5.11 Å². The minimum absolute atomic E-state index is 0.278. The first-order chi connectivity index (χ1) is 11.5. The Labute approximate surface area is 159 Å². The molecule has 2 atom stereocenters. The molecule has 0 aliphatic carbocycles. The van der Waals surface area contributed by atoms with Crippen LogP contribution in [0, 0.1) is 0 Å². The van der Waals surface area contributed by atoms with E-state index in [1.807, 2.05) is 24.3 Å². The van der Waals surface area contributed by atoms with Crippen molar-refractivity contribution in [2.24, 2.45) is 0 Å². The van der Waals surface area contributed by atoms with Crippen molar-refractivity contribution in [3.8, 4) is 0 Å². The van der Waals surface area contributed by atoms with Gasteiger partial charge in [-0.2, -0.15) is 0 Å². The number of thiophene rings is 1. The molecule has 2 unspecified atom stereocenters. The molecule has 0 fully saturated rings. The van der Waals surface area contributed by atoms with Crippen LogP contribution < -0.4 is 5.32 Å². The van der Waals surface area contributed by atoms with E-state index in [1.54, 1.807) is 11.3 Å². The molecule has 2 N–H and O–H groups in total. The first kappa shape index (κ1) is 17.9. The Bertz CT molecular complexity index is 835. The van der Waals surface area contributed by atoms with Gasteiger partial charge in [-0.15, -0.1) is 11.3 Å². The summed E-state index contributed by atoms with van der Waals surface area (Å²) < 4.78 is 2.41. The van der Waals surface area contributed by atoms with Crippen LogP contribution in [0.4, 0.5) is 0 Å². The molecule has 3 rings (SSSR count). The lowest BCUT2D eigenvalue weighted by molar-refractivity contribution is 0.170. The fourth-order valence-corrected chi connectivity index (χ4v) is 4.49. The van der Waals surface area contributed by atoms with Crippen LogP contribution in [0.1, 0.15) is 24.2 Å². The number of rotatable bonds is 6. The van der Waals surface area contributed by atoms with Crippen LogP contribution >= 0.6 is 38.9 Å². The van der Waals surface area contributed by atoms with Crippen LogP contribution in [-0.2, 0) is 6.42 Å². The zero-order valence-electron chi connectivity index (χ0n) is 13.3. The maximum atomic E-state index is 10.3. The summed E-state index contributed by atoms with van der Waals surface area (Å²) in [5.41, 5.74) is 2.19. The SMILES string of the molecule is CC(Cc1csc2cc(Br)ccc12)NCC(O)c1cccc(Cl)c1. The summed E-state index contributed by atoms with van der Waals surface area (Å²) in [7, 11) is 0. The Morgan fingerprint density at radius 3 is 2.88 bits per heavy atom. The lowest BCUT2D eigenvalue weighted by Crippen LogP contribution is -2.32. The second kappa shape index (κ2) is 7.98. The van der Waals surface area contributed by atoms with Crippen molar-refractivity contribution in [1.29, 1.82) is 0 Å². The smallest absolute Gasteiger partial charge is 0.0914 e. The van der Waals surface area contributed by atoms with Gasteiger partial charge in [-0.1, -0.05) is 45.7 Å². The molecule has 0 amide bonds. The summed E-state index contributed by atoms with van der Waals surface area (Å²) in [6.45, 7) is 2.65. The molecule has 2 nitrogen and oxygen atoms in total. The Hall–Kier alpha value is -0.910. The quantitative estimate of drug-likeness (QED) is 0.542. The standard InChI is InChI=1S/C19H19BrClNOS/c1-12(22-10-18(23)13-3-2-4-16(21)8-13)7-14-11-24-19-9-15(20)5-6-17(14)19/h2-6,8-9,11-12,18,22-23H,7,10H2,1H3. The summed E-state index contributed by atoms with van der Waals surface area (Å²) in [4.78, 5) is 0. The van der Waals surface area contributed by atoms with Gasteiger partial charge in [0, 0.05) is 26.8 Å². The third kappa shape index (κ3) is 4.38. The van der Waals surface area contributed by atoms with Gasteiger partial charge in [-0.3, -0.25) is 0 Å². The average Bonchev–Trinajstić information content (AvgIpc) is 2.94. The zero-order chi connectivity index (χ0) is 17.1. The minimum atomic E-state index is -0.554. The maximum absolute atomic E-state index is 10.3. The highest BCUT2D eigenvalue weighted by Gasteiger charge is 2.12. The summed E-state index contributed by atoms with van der Waals surface area (Å²) >= 11 is 11.3. The van der Waals surface area contributed by atoms with Crippen LogP contribution in [0.25, 0.3) is 10.1 Å². The Balaban J connectivity index is 1.60. The molecule has 2 aromatic carbocycles. The maximum Gasteiger partial charge on any atom is 0.0914 e. The van der Waals surface area contributed by atoms with Gasteiger partial charge in [0.1, 0.15) is 0 Å². The second-order valence-electron chi connectivity index (χ2n) is 5.99. The molecule has 0 spiro atoms. The molecular formula is C19H19BrClNOS. The van der Waals surface area contributed by atoms with E-state index < -0.39 is 6.10 Å². The lowest BCUT2D eigenvalue weighted by Gasteiger charge is -2.17. The molecule has 0 aliphatic heterocycles. The molecule has 0 radical (unpaired) electrons. The molecule has 0 aliphatic rings. The minimum Gasteiger partial charge on any atom is -0.387 e. The highest BCUT2D eigenvalue weighted by molar-refractivity contribution is 9.10. The second-order valence-corrected chi connectivity index (χ2v) is 8.25. The van der Waals surface area contributed by atoms with E-state index in [-0.39, 0.29) is 6.04 Å². The van der Waals surface area contributed by atoms with Crippen molar-refractivity contribution >= 4 is 49.0 Å². The van der Waals surface area contributed by atoms with Crippen LogP contribution in [-0.4, -0.2) is 17.7 Å². The van der Waals surface area contributed by atoms with E-state index in [2.05, 4.69) is 51.7 Å². The highest BCUT2D eigenvalue weighted by Crippen LogP contribution is 2.29. The molecule has 0 bridgehead atoms. The summed E-state index contributed by atoms with van der Waals surface area (Å²) in [6.07, 6.45) is 0.380. The fraction of sp³-hybridized carbons (Fsp3) is 0.263. The fourth-order valence-electron chi connectivity index (χ4n) is 2.76. The molecule has 0 saturated carbocycles. The number of aliphatic hydroxyl groups excluding tert-OH is 1. The van der Waals surface area contributed by atoms with E-state index in [4.69, 9.17) is 11.6 Å². The van der Waals surface area contributed by atoms with Gasteiger partial charge in [0.15, 0.2) is 0 Å². The summed E-state index contributed by atoms with van der Waals surface area (Å²) in [5, 5.41) is 17.9. The average molecular weight is 425 g/mol. The molecule has 3 aromatic rings. The number of hydrogen-bond donors (Lipinski definition) is 2. The van der Waals surface area contributed by atoms with Crippen molar-refractivity contribution in [1.82, 2.24) is 5.32 Å². The van der Waals surface area contributed by atoms with E-state index >= 15 is 0 Å². The normalized spacial score (nSPS) is 14.0. The topological polar surface area (TPSA) is 32.3 Å². The first-order valence-electron chi connectivity index (χ1n) is 7.85. The van der Waals surface area contributed by atoms with Gasteiger partial charge < -0.3 is 10.4 Å². The van der Waals surface area contributed by atoms with Crippen molar-refractivity contribution in [2.45, 2.75) is 25.5 Å². The molecule has 5 heteroatoms. The highest BCUT2D eigenvalue weighted by atomic mass is 79.9. The van der Waals surface area contributed by atoms with E-state index in [0.717, 1.165) is 16.5 Å². The van der Waals surface area contributed by atoms with Gasteiger partial charge in [0.05, 0.1) is 6.10 Å². The molecular weight excluding hydrogens is 406 g/mol. The van der Waals surface area contributed by atoms with Crippen LogP contribution in [0.2, 0.25) is 5.02 Å². The molecule has 24 heavy (non-hydrogen) atoms. The van der Waals surface area contributed by atoms with Gasteiger partial charge in [0.25, 0.3) is 0 Å². The number of aliphatic hydroxyl groups is 1.